The third-order valence-corrected chi connectivity index (χ3v) is 4.93. The van der Waals surface area contributed by atoms with Crippen molar-refractivity contribution in [1.82, 2.24) is 9.97 Å². The molecule has 0 atom stereocenters. The monoisotopic (exact) mass is 327 g/mol. The first-order valence-corrected chi connectivity index (χ1v) is 7.72. The Morgan fingerprint density at radius 3 is 2.53 bits per heavy atom. The molecule has 1 aliphatic rings. The Hall–Kier alpha value is -0.680. The van der Waals surface area contributed by atoms with Gasteiger partial charge in [-0.1, -0.05) is 6.92 Å². The number of hydrogen-bond acceptors (Lipinski definition) is 4. The molecular weight excluding hydrogens is 306 g/mol. The highest BCUT2D eigenvalue weighted by molar-refractivity contribution is 9.10. The molecule has 4 nitrogen and oxygen atoms in total. The number of nitrogens with zero attached hydrogens (tertiary/aromatic N) is 2. The minimum Gasteiger partial charge on any atom is -0.383 e. The van der Waals surface area contributed by atoms with E-state index < -0.39 is 0 Å². The van der Waals surface area contributed by atoms with Crippen molar-refractivity contribution in [3.8, 4) is 0 Å². The van der Waals surface area contributed by atoms with Crippen LogP contribution in [0.25, 0.3) is 0 Å². The van der Waals surface area contributed by atoms with Crippen LogP contribution in [0.5, 0.6) is 0 Å². The van der Waals surface area contributed by atoms with E-state index in [9.17, 15) is 0 Å². The summed E-state index contributed by atoms with van der Waals surface area (Å²) in [5.74, 6) is 2.00. The molecule has 2 N–H and O–H groups in total. The summed E-state index contributed by atoms with van der Waals surface area (Å²) in [5, 5.41) is 0. The highest BCUT2D eigenvalue weighted by atomic mass is 79.9. The fraction of sp³-hybridized carbons (Fsp3) is 0.714. The van der Waals surface area contributed by atoms with Crippen LogP contribution in [0.1, 0.15) is 51.0 Å². The molecule has 106 valence electrons. The van der Waals surface area contributed by atoms with Gasteiger partial charge in [0.15, 0.2) is 5.82 Å². The van der Waals surface area contributed by atoms with Crippen LogP contribution in [-0.4, -0.2) is 16.6 Å². The molecule has 0 spiro atoms. The molecule has 0 radical (unpaired) electrons. The Morgan fingerprint density at radius 2 is 2.00 bits per heavy atom. The predicted octanol–water partition coefficient (Wildman–Crippen LogP) is 3.57. The van der Waals surface area contributed by atoms with Gasteiger partial charge in [0, 0.05) is 6.61 Å². The van der Waals surface area contributed by atoms with Gasteiger partial charge in [0.25, 0.3) is 0 Å². The Balaban J connectivity index is 2.39. The molecule has 0 aliphatic heterocycles. The summed E-state index contributed by atoms with van der Waals surface area (Å²) in [6.45, 7) is 6.93. The molecule has 1 aromatic heterocycles. The zero-order valence-corrected chi connectivity index (χ0v) is 13.5. The van der Waals surface area contributed by atoms with Crippen molar-refractivity contribution in [2.24, 2.45) is 5.92 Å². The van der Waals surface area contributed by atoms with Gasteiger partial charge in [0.1, 0.15) is 11.4 Å². The quantitative estimate of drug-likeness (QED) is 0.921. The van der Waals surface area contributed by atoms with E-state index in [1.165, 1.54) is 0 Å². The number of nitrogen functional groups attached to an aromatic ring is 1. The average molecular weight is 328 g/mol. The number of nitrogens with two attached hydrogens (primary N) is 1. The van der Waals surface area contributed by atoms with E-state index in [0.29, 0.717) is 12.4 Å². The van der Waals surface area contributed by atoms with E-state index in [2.05, 4.69) is 32.8 Å². The zero-order valence-electron chi connectivity index (χ0n) is 11.9. The van der Waals surface area contributed by atoms with Crippen LogP contribution < -0.4 is 5.73 Å². The van der Waals surface area contributed by atoms with Crippen LogP contribution in [0.4, 0.5) is 5.82 Å². The summed E-state index contributed by atoms with van der Waals surface area (Å²) in [7, 11) is 0. The van der Waals surface area contributed by atoms with E-state index in [-0.39, 0.29) is 5.60 Å². The van der Waals surface area contributed by atoms with Crippen molar-refractivity contribution in [2.45, 2.75) is 52.1 Å². The summed E-state index contributed by atoms with van der Waals surface area (Å²) >= 11 is 3.41. The van der Waals surface area contributed by atoms with Gasteiger partial charge in [-0.2, -0.15) is 0 Å². The molecule has 1 heterocycles. The van der Waals surface area contributed by atoms with E-state index in [0.717, 1.165) is 47.6 Å². The predicted molar refractivity (Wildman–Crippen MR) is 79.8 cm³/mol. The van der Waals surface area contributed by atoms with Crippen molar-refractivity contribution in [1.29, 1.82) is 0 Å². The average Bonchev–Trinajstić information content (AvgIpc) is 2.38. The number of halogens is 1. The number of anilines is 1. The topological polar surface area (TPSA) is 61.0 Å². The van der Waals surface area contributed by atoms with Gasteiger partial charge >= 0.3 is 0 Å². The third-order valence-electron chi connectivity index (χ3n) is 3.95. The molecule has 0 amide bonds. The molecule has 1 fully saturated rings. The van der Waals surface area contributed by atoms with Crippen molar-refractivity contribution in [3.05, 3.63) is 16.0 Å². The molecule has 2 rings (SSSR count). The van der Waals surface area contributed by atoms with Crippen LogP contribution in [-0.2, 0) is 10.3 Å². The summed E-state index contributed by atoms with van der Waals surface area (Å²) in [4.78, 5) is 9.08. The van der Waals surface area contributed by atoms with Crippen LogP contribution in [0.3, 0.4) is 0 Å². The first-order chi connectivity index (χ1) is 8.98. The second kappa shape index (κ2) is 5.75. The molecule has 1 aliphatic carbocycles. The van der Waals surface area contributed by atoms with Gasteiger partial charge in [0.05, 0.1) is 10.2 Å². The van der Waals surface area contributed by atoms with E-state index >= 15 is 0 Å². The number of hydrogen-bond donors (Lipinski definition) is 1. The van der Waals surface area contributed by atoms with Gasteiger partial charge in [0.2, 0.25) is 0 Å². The Labute approximate surface area is 123 Å². The molecule has 1 aromatic rings. The fourth-order valence-corrected chi connectivity index (χ4v) is 2.90. The van der Waals surface area contributed by atoms with Crippen LogP contribution in [0.15, 0.2) is 4.47 Å². The maximum absolute atomic E-state index is 6.06. The lowest BCUT2D eigenvalue weighted by atomic mass is 9.79. The summed E-state index contributed by atoms with van der Waals surface area (Å²) in [6.07, 6.45) is 4.25. The fourth-order valence-electron chi connectivity index (χ4n) is 2.72. The summed E-state index contributed by atoms with van der Waals surface area (Å²) in [6, 6.07) is 0. The van der Waals surface area contributed by atoms with Gasteiger partial charge in [-0.05, 0) is 61.4 Å². The molecule has 0 saturated heterocycles. The molecule has 0 bridgehead atoms. The van der Waals surface area contributed by atoms with E-state index in [4.69, 9.17) is 10.5 Å². The lowest BCUT2D eigenvalue weighted by molar-refractivity contribution is -0.0837. The zero-order chi connectivity index (χ0) is 14.0. The standard InChI is InChI=1S/C14H22BrN3O/c1-4-19-14(7-5-9(2)6-8-14)13-17-10(3)11(15)12(16)18-13/h9H,4-8H2,1-3H3,(H2,16,17,18). The van der Waals surface area contributed by atoms with Crippen LogP contribution in [0, 0.1) is 12.8 Å². The highest BCUT2D eigenvalue weighted by Gasteiger charge is 2.39. The summed E-state index contributed by atoms with van der Waals surface area (Å²) < 4.78 is 6.84. The Morgan fingerprint density at radius 1 is 1.37 bits per heavy atom. The minimum absolute atomic E-state index is 0.346. The van der Waals surface area contributed by atoms with E-state index in [1.807, 2.05) is 13.8 Å². The normalized spacial score (nSPS) is 27.5. The smallest absolute Gasteiger partial charge is 0.162 e. The van der Waals surface area contributed by atoms with Gasteiger partial charge in [-0.25, -0.2) is 9.97 Å². The molecule has 0 unspecified atom stereocenters. The molecule has 5 heteroatoms. The first kappa shape index (κ1) is 14.7. The van der Waals surface area contributed by atoms with E-state index in [1.54, 1.807) is 0 Å². The lowest BCUT2D eigenvalue weighted by Crippen LogP contribution is -2.36. The first-order valence-electron chi connectivity index (χ1n) is 6.92. The van der Waals surface area contributed by atoms with Gasteiger partial charge in [-0.3, -0.25) is 0 Å². The Kier molecular flexibility index (Phi) is 4.46. The maximum Gasteiger partial charge on any atom is 0.162 e. The second-order valence-corrected chi connectivity index (χ2v) is 6.23. The van der Waals surface area contributed by atoms with Crippen LogP contribution >= 0.6 is 15.9 Å². The number of aromatic nitrogens is 2. The number of rotatable bonds is 3. The summed E-state index contributed by atoms with van der Waals surface area (Å²) in [5.41, 5.74) is 6.49. The maximum atomic E-state index is 6.06. The second-order valence-electron chi connectivity index (χ2n) is 5.44. The SMILES string of the molecule is CCOC1(c2nc(C)c(Br)c(N)n2)CCC(C)CC1. The molecule has 19 heavy (non-hydrogen) atoms. The number of ether oxygens (including phenoxy) is 1. The van der Waals surface area contributed by atoms with Gasteiger partial charge < -0.3 is 10.5 Å². The highest BCUT2D eigenvalue weighted by Crippen LogP contribution is 2.41. The number of aryl methyl sites for hydroxylation is 1. The van der Waals surface area contributed by atoms with Crippen molar-refractivity contribution in [3.63, 3.8) is 0 Å². The molecule has 0 aromatic carbocycles. The van der Waals surface area contributed by atoms with Crippen LogP contribution in [0.2, 0.25) is 0 Å². The van der Waals surface area contributed by atoms with Crippen molar-refractivity contribution in [2.75, 3.05) is 12.3 Å². The van der Waals surface area contributed by atoms with Gasteiger partial charge in [-0.15, -0.1) is 0 Å². The Bertz CT molecular complexity index is 433. The molecule has 1 saturated carbocycles. The lowest BCUT2D eigenvalue weighted by Gasteiger charge is -2.38. The third kappa shape index (κ3) is 2.92. The van der Waals surface area contributed by atoms with Crippen molar-refractivity contribution < 1.29 is 4.74 Å². The van der Waals surface area contributed by atoms with Crippen molar-refractivity contribution >= 4 is 21.7 Å². The largest absolute Gasteiger partial charge is 0.383 e. The minimum atomic E-state index is -0.346. The molecular formula is C14H22BrN3O.